The van der Waals surface area contributed by atoms with Crippen LogP contribution in [0.3, 0.4) is 0 Å². The van der Waals surface area contributed by atoms with Crippen LogP contribution in [0.4, 0.5) is 0 Å². The van der Waals surface area contributed by atoms with E-state index in [1.54, 1.807) is 16.8 Å². The Morgan fingerprint density at radius 2 is 2.06 bits per heavy atom. The molecule has 0 saturated heterocycles. The number of aromatic nitrogens is 3. The molecule has 0 spiro atoms. The van der Waals surface area contributed by atoms with Crippen LogP contribution >= 0.6 is 11.3 Å². The smallest absolute Gasteiger partial charge is 0.267 e. The summed E-state index contributed by atoms with van der Waals surface area (Å²) in [5, 5.41) is 0. The van der Waals surface area contributed by atoms with Crippen molar-refractivity contribution in [3.8, 4) is 0 Å². The van der Waals surface area contributed by atoms with Gasteiger partial charge in [0.05, 0.1) is 4.70 Å². The molecule has 0 saturated carbocycles. The summed E-state index contributed by atoms with van der Waals surface area (Å²) in [5.41, 5.74) is 2.13. The Hall–Kier alpha value is -2.27. The van der Waals surface area contributed by atoms with Crippen molar-refractivity contribution < 1.29 is 0 Å². The summed E-state index contributed by atoms with van der Waals surface area (Å²) in [4.78, 5) is 21.2. The number of thiophene rings is 1. The molecular weight excluding hydrogens is 246 g/mol. The molecule has 0 aliphatic carbocycles. The molecule has 0 radical (unpaired) electrons. The van der Waals surface area contributed by atoms with Gasteiger partial charge in [-0.05, 0) is 24.3 Å². The van der Waals surface area contributed by atoms with E-state index in [1.165, 1.54) is 11.3 Å². The van der Waals surface area contributed by atoms with Gasteiger partial charge in [-0.1, -0.05) is 6.07 Å². The van der Waals surface area contributed by atoms with Crippen LogP contribution in [0.5, 0.6) is 0 Å². The second kappa shape index (κ2) is 3.36. The molecular formula is C13H7N3OS. The van der Waals surface area contributed by atoms with Crippen LogP contribution in [0, 0.1) is 0 Å². The van der Waals surface area contributed by atoms with Gasteiger partial charge in [-0.15, -0.1) is 11.3 Å². The molecule has 4 heterocycles. The van der Waals surface area contributed by atoms with Crippen LogP contribution in [0.1, 0.15) is 0 Å². The molecule has 4 nitrogen and oxygen atoms in total. The molecule has 18 heavy (non-hydrogen) atoms. The van der Waals surface area contributed by atoms with Crippen molar-refractivity contribution in [3.05, 3.63) is 53.1 Å². The van der Waals surface area contributed by atoms with Gasteiger partial charge in [-0.3, -0.25) is 14.2 Å². The lowest BCUT2D eigenvalue weighted by Crippen LogP contribution is -2.13. The minimum atomic E-state index is -0.0291. The first-order chi connectivity index (χ1) is 8.84. The van der Waals surface area contributed by atoms with Gasteiger partial charge in [0.2, 0.25) is 0 Å². The van der Waals surface area contributed by atoms with Crippen molar-refractivity contribution in [3.63, 3.8) is 0 Å². The Morgan fingerprint density at radius 3 is 3.00 bits per heavy atom. The van der Waals surface area contributed by atoms with E-state index in [2.05, 4.69) is 9.97 Å². The third-order valence-corrected chi connectivity index (χ3v) is 4.02. The fourth-order valence-corrected chi connectivity index (χ4v) is 3.12. The minimum absolute atomic E-state index is 0.0291. The molecule has 0 aliphatic heterocycles. The number of fused-ring (bicyclic) bond motifs is 4. The van der Waals surface area contributed by atoms with E-state index in [4.69, 9.17) is 0 Å². The molecule has 0 fully saturated rings. The highest BCUT2D eigenvalue weighted by Crippen LogP contribution is 2.28. The number of rotatable bonds is 0. The fourth-order valence-electron chi connectivity index (χ4n) is 2.09. The summed E-state index contributed by atoms with van der Waals surface area (Å²) >= 11 is 1.44. The highest BCUT2D eigenvalue weighted by molar-refractivity contribution is 7.25. The predicted molar refractivity (Wildman–Crippen MR) is 72.1 cm³/mol. The van der Waals surface area contributed by atoms with Crippen molar-refractivity contribution in [2.75, 3.05) is 0 Å². The highest BCUT2D eigenvalue weighted by Gasteiger charge is 2.12. The zero-order chi connectivity index (χ0) is 12.1. The van der Waals surface area contributed by atoms with E-state index in [1.807, 2.05) is 30.3 Å². The predicted octanol–water partition coefficient (Wildman–Crippen LogP) is 2.46. The van der Waals surface area contributed by atoms with E-state index >= 15 is 0 Å². The van der Waals surface area contributed by atoms with Crippen LogP contribution in [0.2, 0.25) is 0 Å². The summed E-state index contributed by atoms with van der Waals surface area (Å²) in [6.45, 7) is 0. The monoisotopic (exact) mass is 253 g/mol. The molecule has 0 bridgehead atoms. The SMILES string of the molecule is O=c1c2sc3cccnc3c2nc2ccccn12. The van der Waals surface area contributed by atoms with Crippen molar-refractivity contribution in [1.82, 2.24) is 14.4 Å². The Balaban J connectivity index is 2.38. The van der Waals surface area contributed by atoms with Crippen LogP contribution in [0.25, 0.3) is 26.1 Å². The van der Waals surface area contributed by atoms with Crippen molar-refractivity contribution in [2.45, 2.75) is 0 Å². The molecule has 4 rings (SSSR count). The van der Waals surface area contributed by atoms with Gasteiger partial charge in [0.15, 0.2) is 0 Å². The van der Waals surface area contributed by atoms with Crippen LogP contribution in [0.15, 0.2) is 47.5 Å². The Labute approximate surface area is 105 Å². The van der Waals surface area contributed by atoms with Gasteiger partial charge < -0.3 is 0 Å². The van der Waals surface area contributed by atoms with E-state index in [9.17, 15) is 4.79 Å². The quantitative estimate of drug-likeness (QED) is 0.483. The molecule has 0 aliphatic rings. The Morgan fingerprint density at radius 1 is 1.11 bits per heavy atom. The summed E-state index contributed by atoms with van der Waals surface area (Å²) in [7, 11) is 0. The number of pyridine rings is 2. The standard InChI is InChI=1S/C13H7N3OS/c17-13-12-11(10-8(18-12)4-3-6-14-10)15-9-5-1-2-7-16(9)13/h1-7H. The summed E-state index contributed by atoms with van der Waals surface area (Å²) in [6.07, 6.45) is 3.46. The molecule has 0 atom stereocenters. The van der Waals surface area contributed by atoms with Gasteiger partial charge in [-0.2, -0.15) is 0 Å². The Kier molecular flexibility index (Phi) is 1.82. The maximum atomic E-state index is 12.4. The molecule has 4 aromatic heterocycles. The molecule has 86 valence electrons. The van der Waals surface area contributed by atoms with Gasteiger partial charge in [0.1, 0.15) is 21.4 Å². The average Bonchev–Trinajstić information content (AvgIpc) is 2.79. The molecule has 5 heteroatoms. The topological polar surface area (TPSA) is 47.3 Å². The second-order valence-electron chi connectivity index (χ2n) is 3.98. The van der Waals surface area contributed by atoms with E-state index < -0.39 is 0 Å². The first-order valence-electron chi connectivity index (χ1n) is 5.49. The lowest BCUT2D eigenvalue weighted by Gasteiger charge is -1.98. The first-order valence-corrected chi connectivity index (χ1v) is 6.31. The zero-order valence-corrected chi connectivity index (χ0v) is 10.0. The van der Waals surface area contributed by atoms with Crippen LogP contribution in [-0.4, -0.2) is 14.4 Å². The summed E-state index contributed by atoms with van der Waals surface area (Å²) in [6, 6.07) is 9.36. The van der Waals surface area contributed by atoms with Gasteiger partial charge in [0, 0.05) is 12.4 Å². The molecule has 0 amide bonds. The van der Waals surface area contributed by atoms with E-state index in [-0.39, 0.29) is 5.56 Å². The summed E-state index contributed by atoms with van der Waals surface area (Å²) < 4.78 is 3.22. The molecule has 0 unspecified atom stereocenters. The van der Waals surface area contributed by atoms with Gasteiger partial charge in [-0.25, -0.2) is 4.98 Å². The van der Waals surface area contributed by atoms with Crippen LogP contribution in [-0.2, 0) is 0 Å². The largest absolute Gasteiger partial charge is 0.275 e. The lowest BCUT2D eigenvalue weighted by atomic mass is 10.3. The minimum Gasteiger partial charge on any atom is -0.267 e. The molecule has 4 aromatic rings. The third-order valence-electron chi connectivity index (χ3n) is 2.90. The van der Waals surface area contributed by atoms with Gasteiger partial charge >= 0.3 is 0 Å². The van der Waals surface area contributed by atoms with Crippen LogP contribution < -0.4 is 5.56 Å². The summed E-state index contributed by atoms with van der Waals surface area (Å²) in [5.74, 6) is 0. The second-order valence-corrected chi connectivity index (χ2v) is 5.03. The van der Waals surface area contributed by atoms with Crippen molar-refractivity contribution in [1.29, 1.82) is 0 Å². The van der Waals surface area contributed by atoms with Gasteiger partial charge in [0.25, 0.3) is 5.56 Å². The number of hydrogen-bond acceptors (Lipinski definition) is 4. The van der Waals surface area contributed by atoms with E-state index in [0.717, 1.165) is 10.2 Å². The maximum absolute atomic E-state index is 12.4. The zero-order valence-electron chi connectivity index (χ0n) is 9.20. The van der Waals surface area contributed by atoms with E-state index in [0.29, 0.717) is 15.9 Å². The Bertz CT molecular complexity index is 955. The molecule has 0 aromatic carbocycles. The third kappa shape index (κ3) is 1.16. The average molecular weight is 253 g/mol. The van der Waals surface area contributed by atoms with Crippen molar-refractivity contribution >= 4 is 37.4 Å². The maximum Gasteiger partial charge on any atom is 0.275 e. The number of hydrogen-bond donors (Lipinski definition) is 0. The normalized spacial score (nSPS) is 11.6. The fraction of sp³-hybridized carbons (Fsp3) is 0. The molecule has 0 N–H and O–H groups in total. The number of nitrogens with zero attached hydrogens (tertiary/aromatic N) is 3. The first kappa shape index (κ1) is 9.73. The van der Waals surface area contributed by atoms with Crippen molar-refractivity contribution in [2.24, 2.45) is 0 Å². The lowest BCUT2D eigenvalue weighted by molar-refractivity contribution is 1.08. The highest BCUT2D eigenvalue weighted by atomic mass is 32.1.